The van der Waals surface area contributed by atoms with E-state index in [0.717, 1.165) is 64.2 Å². The van der Waals surface area contributed by atoms with Crippen LogP contribution in [0.1, 0.15) is 201 Å². The van der Waals surface area contributed by atoms with Crippen molar-refractivity contribution in [2.75, 3.05) is 19.7 Å². The second-order valence-electron chi connectivity index (χ2n) is 17.4. The lowest BCUT2D eigenvalue weighted by Gasteiger charge is -2.53. The molecule has 11 nitrogen and oxygen atoms in total. The zero-order chi connectivity index (χ0) is 42.5. The lowest BCUT2D eigenvalue weighted by molar-refractivity contribution is -0.292. The molecule has 1 aliphatic heterocycles. The van der Waals surface area contributed by atoms with Crippen LogP contribution in [0.2, 0.25) is 0 Å². The van der Waals surface area contributed by atoms with Gasteiger partial charge in [0.15, 0.2) is 11.6 Å². The van der Waals surface area contributed by atoms with Gasteiger partial charge in [0.25, 0.3) is 0 Å². The van der Waals surface area contributed by atoms with Crippen LogP contribution in [0.25, 0.3) is 0 Å². The van der Waals surface area contributed by atoms with E-state index in [0.29, 0.717) is 12.8 Å². The maximum absolute atomic E-state index is 14.5. The molecule has 1 amide bonds. The number of carbonyl (C=O) groups is 3. The lowest BCUT2D eigenvalue weighted by Crippen LogP contribution is -2.78. The Morgan fingerprint density at radius 1 is 0.719 bits per heavy atom. The van der Waals surface area contributed by atoms with Crippen LogP contribution in [-0.2, 0) is 19.1 Å². The van der Waals surface area contributed by atoms with Crippen molar-refractivity contribution >= 4 is 17.5 Å². The third-order valence-electron chi connectivity index (χ3n) is 11.8. The van der Waals surface area contributed by atoms with Gasteiger partial charge in [-0.1, -0.05) is 162 Å². The maximum Gasteiger partial charge on any atom is 0.225 e. The third-order valence-corrected chi connectivity index (χ3v) is 11.8. The normalized spacial score (nSPS) is 22.3. The molecule has 0 aromatic carbocycles. The van der Waals surface area contributed by atoms with Crippen molar-refractivity contribution < 1.29 is 34.4 Å². The van der Waals surface area contributed by atoms with Gasteiger partial charge in [-0.15, -0.1) is 0 Å². The number of aliphatic hydroxyl groups excluding tert-OH is 3. The van der Waals surface area contributed by atoms with Crippen LogP contribution in [0.15, 0.2) is 12.2 Å². The molecule has 1 aliphatic rings. The molecule has 334 valence electrons. The van der Waals surface area contributed by atoms with Gasteiger partial charge in [-0.2, -0.15) is 0 Å². The van der Waals surface area contributed by atoms with Crippen LogP contribution in [0, 0.1) is 11.8 Å². The van der Waals surface area contributed by atoms with Crippen LogP contribution in [0.3, 0.4) is 0 Å². The first-order chi connectivity index (χ1) is 27.3. The molecular formula is C46H88N4O7. The Labute approximate surface area is 347 Å². The molecular weight excluding hydrogens is 721 g/mol. The lowest BCUT2D eigenvalue weighted by atomic mass is 9.71. The number of allylic oxidation sites excluding steroid dienone is 2. The molecule has 0 aromatic heterocycles. The Morgan fingerprint density at radius 3 is 1.60 bits per heavy atom. The largest absolute Gasteiger partial charge is 0.394 e. The second kappa shape index (κ2) is 31.2. The fraction of sp³-hybridized carbons (Fsp3) is 0.891. The first kappa shape index (κ1) is 53.3. The van der Waals surface area contributed by atoms with E-state index in [-0.39, 0.29) is 31.2 Å². The van der Waals surface area contributed by atoms with E-state index >= 15 is 0 Å². The van der Waals surface area contributed by atoms with E-state index in [2.05, 4.69) is 26.0 Å². The predicted octanol–water partition coefficient (Wildman–Crippen LogP) is 7.74. The van der Waals surface area contributed by atoms with E-state index in [1.807, 2.05) is 0 Å². The van der Waals surface area contributed by atoms with E-state index in [4.69, 9.17) is 21.9 Å². The van der Waals surface area contributed by atoms with Gasteiger partial charge in [-0.05, 0) is 50.9 Å². The standard InChI is InChI=1S/C46H88N4O7/c1-5-7-9-11-13-15-17-19-20-21-22-24-26-28-30-32-40(53)50(33-31-29-27-25-23-18-16-14-12-10-8-6-2)46(49)41(43(55)42(54)38(36-51)57-46)44(56)45(48,34-37(3)4)39(52)35-47/h19-20,37-38,41-43,51,54-55H,5-18,21-36,47-49H2,1-4H3/b20-19-/t38-,41+,42-,43-,45-,46+/m1/s1. The summed E-state index contributed by atoms with van der Waals surface area (Å²) in [4.78, 5) is 43.2. The second-order valence-corrected chi connectivity index (χ2v) is 17.4. The Kier molecular flexibility index (Phi) is 29.2. The van der Waals surface area contributed by atoms with E-state index in [1.54, 1.807) is 13.8 Å². The number of amides is 1. The number of nitrogens with two attached hydrogens (primary N) is 3. The molecule has 11 heteroatoms. The summed E-state index contributed by atoms with van der Waals surface area (Å²) in [5.74, 6) is -6.29. The highest BCUT2D eigenvalue weighted by atomic mass is 16.6. The highest BCUT2D eigenvalue weighted by Crippen LogP contribution is 2.39. The van der Waals surface area contributed by atoms with Crippen molar-refractivity contribution in [2.45, 2.75) is 231 Å². The highest BCUT2D eigenvalue weighted by Gasteiger charge is 2.62. The Hall–Kier alpha value is -1.73. The number of hydrogen-bond acceptors (Lipinski definition) is 10. The number of rotatable bonds is 36. The number of Topliss-reactive ketones (excluding diaryl/α,β-unsaturated/α-hetero) is 2. The number of nitrogens with zero attached hydrogens (tertiary/aromatic N) is 1. The van der Waals surface area contributed by atoms with Gasteiger partial charge in [0.05, 0.1) is 19.3 Å². The summed E-state index contributed by atoms with van der Waals surface area (Å²) in [6.07, 6.45) is 27.8. The Balaban J connectivity index is 3.04. The van der Waals surface area contributed by atoms with Crippen molar-refractivity contribution in [1.82, 2.24) is 4.90 Å². The first-order valence-electron chi connectivity index (χ1n) is 23.3. The van der Waals surface area contributed by atoms with E-state index in [1.165, 1.54) is 88.4 Å². The van der Waals surface area contributed by atoms with Crippen LogP contribution in [0.4, 0.5) is 0 Å². The zero-order valence-corrected chi connectivity index (χ0v) is 36.9. The molecule has 1 saturated heterocycles. The van der Waals surface area contributed by atoms with Gasteiger partial charge in [-0.3, -0.25) is 20.1 Å². The number of aliphatic hydroxyl groups is 3. The van der Waals surface area contributed by atoms with Gasteiger partial charge in [0, 0.05) is 13.0 Å². The monoisotopic (exact) mass is 809 g/mol. The van der Waals surface area contributed by atoms with Crippen molar-refractivity contribution in [3.63, 3.8) is 0 Å². The first-order valence-corrected chi connectivity index (χ1v) is 23.3. The summed E-state index contributed by atoms with van der Waals surface area (Å²) in [5, 5.41) is 32.7. The van der Waals surface area contributed by atoms with Gasteiger partial charge in [0.1, 0.15) is 23.7 Å². The van der Waals surface area contributed by atoms with Crippen molar-refractivity contribution in [3.8, 4) is 0 Å². The molecule has 0 unspecified atom stereocenters. The summed E-state index contributed by atoms with van der Waals surface area (Å²) in [6, 6.07) is 0. The zero-order valence-electron chi connectivity index (χ0n) is 36.9. The minimum Gasteiger partial charge on any atom is -0.394 e. The summed E-state index contributed by atoms with van der Waals surface area (Å²) in [7, 11) is 0. The van der Waals surface area contributed by atoms with Crippen molar-refractivity contribution in [2.24, 2.45) is 29.0 Å². The molecule has 1 heterocycles. The smallest absolute Gasteiger partial charge is 0.225 e. The molecule has 1 fully saturated rings. The number of hydrogen-bond donors (Lipinski definition) is 6. The number of ether oxygens (including phenoxy) is 1. The highest BCUT2D eigenvalue weighted by molar-refractivity contribution is 6.13. The third kappa shape index (κ3) is 19.5. The maximum atomic E-state index is 14.5. The molecule has 1 rings (SSSR count). The minimum atomic E-state index is -2.28. The number of ketones is 2. The van der Waals surface area contributed by atoms with Crippen molar-refractivity contribution in [1.29, 1.82) is 0 Å². The molecule has 6 atom stereocenters. The average molecular weight is 809 g/mol. The topological polar surface area (TPSA) is 202 Å². The van der Waals surface area contributed by atoms with Crippen LogP contribution < -0.4 is 17.2 Å². The summed E-state index contributed by atoms with van der Waals surface area (Å²) in [6.45, 7) is 6.97. The molecule has 0 bridgehead atoms. The van der Waals surface area contributed by atoms with Crippen molar-refractivity contribution in [3.05, 3.63) is 12.2 Å². The fourth-order valence-electron chi connectivity index (χ4n) is 8.31. The molecule has 0 aliphatic carbocycles. The Bertz CT molecular complexity index is 1110. The van der Waals surface area contributed by atoms with E-state index < -0.39 is 60.3 Å². The molecule has 0 spiro atoms. The van der Waals surface area contributed by atoms with Gasteiger partial charge in [0.2, 0.25) is 11.8 Å². The SMILES string of the molecule is CCCCCCCC/C=C\CCCCCCCC(=O)N(CCCCCCCCCCCCCC)[C@]1(N)O[C@H](CO)[C@@H](O)[C@H](O)[C@H]1C(=O)[C@@](N)(CC(C)C)C(=O)CN. The number of unbranched alkanes of at least 4 members (excludes halogenated alkanes) is 22. The summed E-state index contributed by atoms with van der Waals surface area (Å²) >= 11 is 0. The van der Waals surface area contributed by atoms with Crippen LogP contribution in [0.5, 0.6) is 0 Å². The summed E-state index contributed by atoms with van der Waals surface area (Å²) < 4.78 is 6.12. The van der Waals surface area contributed by atoms with Crippen LogP contribution in [-0.4, -0.2) is 87.1 Å². The van der Waals surface area contributed by atoms with Crippen LogP contribution >= 0.6 is 0 Å². The fourth-order valence-corrected chi connectivity index (χ4v) is 8.31. The van der Waals surface area contributed by atoms with Gasteiger partial charge >= 0.3 is 0 Å². The van der Waals surface area contributed by atoms with E-state index in [9.17, 15) is 29.7 Å². The molecule has 0 saturated carbocycles. The molecule has 57 heavy (non-hydrogen) atoms. The van der Waals surface area contributed by atoms with Gasteiger partial charge < -0.3 is 36.4 Å². The predicted molar refractivity (Wildman–Crippen MR) is 232 cm³/mol. The summed E-state index contributed by atoms with van der Waals surface area (Å²) in [5.41, 5.74) is 17.2. The molecule has 0 radical (unpaired) electrons. The van der Waals surface area contributed by atoms with Gasteiger partial charge in [-0.25, -0.2) is 0 Å². The number of carbonyl (C=O) groups excluding carboxylic acids is 3. The molecule has 0 aromatic rings. The minimum absolute atomic E-state index is 0.0811. The quantitative estimate of drug-likeness (QED) is 0.0157. The molecule has 9 N–H and O–H groups in total. The average Bonchev–Trinajstić information content (AvgIpc) is 3.18. The Morgan fingerprint density at radius 2 is 1.16 bits per heavy atom.